The number of rotatable bonds is 4. The maximum Gasteiger partial charge on any atom is 0.251 e. The Balaban J connectivity index is 2.94. The van der Waals surface area contributed by atoms with E-state index < -0.39 is 6.04 Å². The molecule has 0 aliphatic rings. The highest BCUT2D eigenvalue weighted by atomic mass is 16.2. The second-order valence-corrected chi connectivity index (χ2v) is 4.06. The van der Waals surface area contributed by atoms with Crippen LogP contribution in [0.1, 0.15) is 22.3 Å². The van der Waals surface area contributed by atoms with Gasteiger partial charge in [-0.2, -0.15) is 0 Å². The summed E-state index contributed by atoms with van der Waals surface area (Å²) in [6, 6.07) is 4.33. The monoisotopic (exact) mass is 259 g/mol. The number of benzene rings is 1. The fourth-order valence-electron chi connectivity index (χ4n) is 1.60. The highest BCUT2D eigenvalue weighted by molar-refractivity contribution is 6.00. The molecule has 0 radical (unpaired) electrons. The molecule has 0 aliphatic heterocycles. The molecule has 100 valence electrons. The summed E-state index contributed by atoms with van der Waals surface area (Å²) in [7, 11) is 1.55. The number of terminal acetylenes is 1. The smallest absolute Gasteiger partial charge is 0.251 e. The SMILES string of the molecule is C#CCC(N)C(=O)Nc1cccc(C(=O)NC)c1C. The molecule has 0 heterocycles. The van der Waals surface area contributed by atoms with E-state index in [-0.39, 0.29) is 18.2 Å². The van der Waals surface area contributed by atoms with Crippen LogP contribution in [-0.2, 0) is 4.79 Å². The van der Waals surface area contributed by atoms with Gasteiger partial charge in [-0.1, -0.05) is 6.07 Å². The molecule has 0 aromatic heterocycles. The molecule has 0 fully saturated rings. The molecule has 1 rings (SSSR count). The molecule has 19 heavy (non-hydrogen) atoms. The Kier molecular flexibility index (Phi) is 5.10. The average Bonchev–Trinajstić information content (AvgIpc) is 2.40. The van der Waals surface area contributed by atoms with Gasteiger partial charge < -0.3 is 16.4 Å². The van der Waals surface area contributed by atoms with Gasteiger partial charge in [0, 0.05) is 24.7 Å². The lowest BCUT2D eigenvalue weighted by Crippen LogP contribution is -2.35. The van der Waals surface area contributed by atoms with E-state index >= 15 is 0 Å². The summed E-state index contributed by atoms with van der Waals surface area (Å²) in [5, 5.41) is 5.22. The Bertz CT molecular complexity index is 532. The lowest BCUT2D eigenvalue weighted by molar-refractivity contribution is -0.117. The van der Waals surface area contributed by atoms with Crippen molar-refractivity contribution in [3.8, 4) is 12.3 Å². The van der Waals surface area contributed by atoms with Crippen LogP contribution >= 0.6 is 0 Å². The largest absolute Gasteiger partial charge is 0.355 e. The summed E-state index contributed by atoms with van der Waals surface area (Å²) in [5.41, 5.74) is 7.36. The number of anilines is 1. The Morgan fingerprint density at radius 3 is 2.74 bits per heavy atom. The molecule has 0 aliphatic carbocycles. The van der Waals surface area contributed by atoms with Crippen molar-refractivity contribution in [2.45, 2.75) is 19.4 Å². The first-order chi connectivity index (χ1) is 9.01. The van der Waals surface area contributed by atoms with Crippen LogP contribution in [0.2, 0.25) is 0 Å². The van der Waals surface area contributed by atoms with Gasteiger partial charge in [0.1, 0.15) is 0 Å². The second kappa shape index (κ2) is 6.57. The molecule has 1 aromatic rings. The van der Waals surface area contributed by atoms with Crippen LogP contribution < -0.4 is 16.4 Å². The molecule has 0 saturated carbocycles. The number of nitrogens with two attached hydrogens (primary N) is 1. The van der Waals surface area contributed by atoms with Gasteiger partial charge in [0.25, 0.3) is 5.91 Å². The molecule has 5 heteroatoms. The van der Waals surface area contributed by atoms with Gasteiger partial charge in [0.2, 0.25) is 5.91 Å². The first kappa shape index (κ1) is 14.7. The predicted octanol–water partition coefficient (Wildman–Crippen LogP) is 0.644. The molecular weight excluding hydrogens is 242 g/mol. The van der Waals surface area contributed by atoms with E-state index in [1.807, 2.05) is 0 Å². The molecule has 4 N–H and O–H groups in total. The maximum atomic E-state index is 11.8. The Morgan fingerprint density at radius 1 is 1.47 bits per heavy atom. The van der Waals surface area contributed by atoms with Crippen molar-refractivity contribution >= 4 is 17.5 Å². The molecule has 2 amide bonds. The van der Waals surface area contributed by atoms with Crippen LogP contribution in [0.25, 0.3) is 0 Å². The predicted molar refractivity (Wildman–Crippen MR) is 74.6 cm³/mol. The molecule has 1 aromatic carbocycles. The van der Waals surface area contributed by atoms with Crippen molar-refractivity contribution in [1.82, 2.24) is 5.32 Å². The zero-order chi connectivity index (χ0) is 14.4. The number of carbonyl (C=O) groups excluding carboxylic acids is 2. The number of hydrogen-bond acceptors (Lipinski definition) is 3. The van der Waals surface area contributed by atoms with Gasteiger partial charge in [-0.25, -0.2) is 0 Å². The lowest BCUT2D eigenvalue weighted by atomic mass is 10.1. The van der Waals surface area contributed by atoms with Crippen molar-refractivity contribution in [2.75, 3.05) is 12.4 Å². The number of nitrogens with one attached hydrogen (secondary N) is 2. The van der Waals surface area contributed by atoms with Crippen molar-refractivity contribution in [3.05, 3.63) is 29.3 Å². The van der Waals surface area contributed by atoms with E-state index in [2.05, 4.69) is 16.6 Å². The third kappa shape index (κ3) is 3.57. The van der Waals surface area contributed by atoms with Crippen molar-refractivity contribution in [3.63, 3.8) is 0 Å². The first-order valence-electron chi connectivity index (χ1n) is 5.82. The molecule has 0 spiro atoms. The van der Waals surface area contributed by atoms with Gasteiger partial charge >= 0.3 is 0 Å². The van der Waals surface area contributed by atoms with Crippen molar-refractivity contribution < 1.29 is 9.59 Å². The minimum atomic E-state index is -0.756. The summed E-state index contributed by atoms with van der Waals surface area (Å²) in [5.74, 6) is 1.76. The topological polar surface area (TPSA) is 84.2 Å². The van der Waals surface area contributed by atoms with Gasteiger partial charge in [-0.05, 0) is 24.6 Å². The van der Waals surface area contributed by atoms with Gasteiger partial charge in [0.15, 0.2) is 0 Å². The van der Waals surface area contributed by atoms with Crippen LogP contribution in [0.4, 0.5) is 5.69 Å². The van der Waals surface area contributed by atoms with E-state index in [0.29, 0.717) is 16.8 Å². The third-order valence-electron chi connectivity index (χ3n) is 2.74. The van der Waals surface area contributed by atoms with E-state index in [1.165, 1.54) is 0 Å². The summed E-state index contributed by atoms with van der Waals surface area (Å²) in [6.45, 7) is 1.76. The second-order valence-electron chi connectivity index (χ2n) is 4.06. The minimum Gasteiger partial charge on any atom is -0.355 e. The standard InChI is InChI=1S/C14H17N3O2/c1-4-6-11(15)14(19)17-12-8-5-7-10(9(12)2)13(18)16-3/h1,5,7-8,11H,6,15H2,2-3H3,(H,16,18)(H,17,19). The first-order valence-corrected chi connectivity index (χ1v) is 5.82. The number of hydrogen-bond donors (Lipinski definition) is 3. The van der Waals surface area contributed by atoms with Crippen molar-refractivity contribution in [2.24, 2.45) is 5.73 Å². The summed E-state index contributed by atoms with van der Waals surface area (Å²) in [6.07, 6.45) is 5.28. The maximum absolute atomic E-state index is 11.8. The average molecular weight is 259 g/mol. The van der Waals surface area contributed by atoms with Crippen LogP contribution in [0.3, 0.4) is 0 Å². The summed E-state index contributed by atoms with van der Waals surface area (Å²) >= 11 is 0. The van der Waals surface area contributed by atoms with Crippen LogP contribution in [0, 0.1) is 19.3 Å². The van der Waals surface area contributed by atoms with Crippen LogP contribution in [0.5, 0.6) is 0 Å². The van der Waals surface area contributed by atoms with Gasteiger partial charge in [-0.3, -0.25) is 9.59 Å². The molecule has 0 bridgehead atoms. The van der Waals surface area contributed by atoms with E-state index in [1.54, 1.807) is 32.2 Å². The normalized spacial score (nSPS) is 11.3. The summed E-state index contributed by atoms with van der Waals surface area (Å²) < 4.78 is 0. The Morgan fingerprint density at radius 2 is 2.16 bits per heavy atom. The quantitative estimate of drug-likeness (QED) is 0.694. The lowest BCUT2D eigenvalue weighted by Gasteiger charge is -2.14. The van der Waals surface area contributed by atoms with E-state index in [0.717, 1.165) is 0 Å². The fraction of sp³-hybridized carbons (Fsp3) is 0.286. The summed E-state index contributed by atoms with van der Waals surface area (Å²) in [4.78, 5) is 23.4. The molecule has 0 saturated heterocycles. The minimum absolute atomic E-state index is 0.167. The van der Waals surface area contributed by atoms with Crippen molar-refractivity contribution in [1.29, 1.82) is 0 Å². The molecule has 5 nitrogen and oxygen atoms in total. The molecule has 1 atom stereocenters. The number of carbonyl (C=O) groups is 2. The zero-order valence-corrected chi connectivity index (χ0v) is 11.0. The molecule has 1 unspecified atom stereocenters. The Hall–Kier alpha value is -2.32. The molecular formula is C14H17N3O2. The zero-order valence-electron chi connectivity index (χ0n) is 11.0. The van der Waals surface area contributed by atoms with E-state index in [4.69, 9.17) is 12.2 Å². The van der Waals surface area contributed by atoms with Gasteiger partial charge in [-0.15, -0.1) is 12.3 Å². The van der Waals surface area contributed by atoms with Crippen LogP contribution in [-0.4, -0.2) is 24.9 Å². The highest BCUT2D eigenvalue weighted by Gasteiger charge is 2.15. The third-order valence-corrected chi connectivity index (χ3v) is 2.74. The van der Waals surface area contributed by atoms with Crippen LogP contribution in [0.15, 0.2) is 18.2 Å². The number of amides is 2. The van der Waals surface area contributed by atoms with Gasteiger partial charge in [0.05, 0.1) is 6.04 Å². The van der Waals surface area contributed by atoms with E-state index in [9.17, 15) is 9.59 Å². The Labute approximate surface area is 112 Å². The highest BCUT2D eigenvalue weighted by Crippen LogP contribution is 2.19. The fourth-order valence-corrected chi connectivity index (χ4v) is 1.60.